The van der Waals surface area contributed by atoms with Crippen molar-refractivity contribution < 1.29 is 0 Å². The van der Waals surface area contributed by atoms with Crippen LogP contribution in [0.5, 0.6) is 0 Å². The van der Waals surface area contributed by atoms with E-state index in [1.165, 1.54) is 23.4 Å². The molecule has 2 heteroatoms. The minimum absolute atomic E-state index is 1.12. The van der Waals surface area contributed by atoms with E-state index in [-0.39, 0.29) is 0 Å². The third kappa shape index (κ3) is 2.70. The first kappa shape index (κ1) is 8.85. The van der Waals surface area contributed by atoms with E-state index in [0.717, 1.165) is 18.6 Å². The van der Waals surface area contributed by atoms with Gasteiger partial charge < -0.3 is 0 Å². The molecule has 0 radical (unpaired) electrons. The van der Waals surface area contributed by atoms with E-state index in [1.807, 2.05) is 13.8 Å². The summed E-state index contributed by atoms with van der Waals surface area (Å²) in [5, 5.41) is 0. The Morgan fingerprint density at radius 3 is 2.45 bits per heavy atom. The highest BCUT2D eigenvalue weighted by Crippen LogP contribution is 2.27. The van der Waals surface area contributed by atoms with Gasteiger partial charge in [0.15, 0.2) is 0 Å². The third-order valence-electron chi connectivity index (χ3n) is 1.77. The molecule has 0 aromatic heterocycles. The fraction of sp³-hybridized carbons (Fsp3) is 0.667. The van der Waals surface area contributed by atoms with Crippen molar-refractivity contribution in [2.75, 3.05) is 0 Å². The molecule has 1 nitrogen and oxygen atoms in total. The number of hydrogen-bond donors (Lipinski definition) is 1. The largest absolute Gasteiger partial charge is 0.262 e. The van der Waals surface area contributed by atoms with Crippen molar-refractivity contribution in [3.8, 4) is 0 Å². The molecule has 1 aliphatic carbocycles. The van der Waals surface area contributed by atoms with Gasteiger partial charge in [-0.3, -0.25) is 4.99 Å². The van der Waals surface area contributed by atoms with E-state index in [1.54, 1.807) is 0 Å². The predicted molar refractivity (Wildman–Crippen MR) is 53.3 cm³/mol. The molecule has 0 heterocycles. The Bertz CT molecular complexity index is 200. The Morgan fingerprint density at radius 1 is 1.27 bits per heavy atom. The van der Waals surface area contributed by atoms with E-state index in [4.69, 9.17) is 0 Å². The van der Waals surface area contributed by atoms with Crippen LogP contribution in [0.4, 0.5) is 0 Å². The van der Waals surface area contributed by atoms with Crippen molar-refractivity contribution in [1.82, 2.24) is 0 Å². The van der Waals surface area contributed by atoms with Crippen LogP contribution in [-0.2, 0) is 0 Å². The van der Waals surface area contributed by atoms with Gasteiger partial charge in [-0.25, -0.2) is 0 Å². The summed E-state index contributed by atoms with van der Waals surface area (Å²) in [5.74, 6) is 0. The molecule has 11 heavy (non-hydrogen) atoms. The van der Waals surface area contributed by atoms with Gasteiger partial charge in [0.25, 0.3) is 0 Å². The Morgan fingerprint density at radius 2 is 1.91 bits per heavy atom. The quantitative estimate of drug-likeness (QED) is 0.457. The van der Waals surface area contributed by atoms with Crippen LogP contribution in [0, 0.1) is 0 Å². The summed E-state index contributed by atoms with van der Waals surface area (Å²) in [5.41, 5.74) is 2.34. The lowest BCUT2D eigenvalue weighted by atomic mass is 10.0. The number of hydrogen-bond acceptors (Lipinski definition) is 2. The highest BCUT2D eigenvalue weighted by molar-refractivity contribution is 7.84. The van der Waals surface area contributed by atoms with Crippen LogP contribution in [0.3, 0.4) is 0 Å². The van der Waals surface area contributed by atoms with E-state index in [0.29, 0.717) is 0 Å². The SMILES string of the molecule is CC(C)=NC1=C(S)CCCC1. The van der Waals surface area contributed by atoms with Crippen molar-refractivity contribution in [1.29, 1.82) is 0 Å². The molecule has 0 amide bonds. The molecule has 0 aromatic rings. The number of aliphatic imine (C=N–C) groups is 1. The van der Waals surface area contributed by atoms with Crippen LogP contribution in [0.2, 0.25) is 0 Å². The summed E-state index contributed by atoms with van der Waals surface area (Å²) in [4.78, 5) is 5.63. The van der Waals surface area contributed by atoms with Crippen LogP contribution in [0.15, 0.2) is 15.6 Å². The van der Waals surface area contributed by atoms with Gasteiger partial charge in [0.05, 0.1) is 0 Å². The summed E-state index contributed by atoms with van der Waals surface area (Å²) in [6.07, 6.45) is 4.79. The first-order chi connectivity index (χ1) is 5.20. The first-order valence-corrected chi connectivity index (χ1v) is 4.58. The summed E-state index contributed by atoms with van der Waals surface area (Å²) in [7, 11) is 0. The number of allylic oxidation sites excluding steroid dienone is 2. The molecular weight excluding hydrogens is 154 g/mol. The van der Waals surface area contributed by atoms with Crippen LogP contribution >= 0.6 is 12.6 Å². The summed E-state index contributed by atoms with van der Waals surface area (Å²) >= 11 is 4.40. The molecule has 0 aromatic carbocycles. The van der Waals surface area contributed by atoms with Gasteiger partial charge in [0, 0.05) is 16.3 Å². The molecule has 0 saturated heterocycles. The maximum atomic E-state index is 4.44. The predicted octanol–water partition coefficient (Wildman–Crippen LogP) is 3.18. The molecule has 0 bridgehead atoms. The Hall–Kier alpha value is -0.240. The number of nitrogens with zero attached hydrogens (tertiary/aromatic N) is 1. The lowest BCUT2D eigenvalue weighted by molar-refractivity contribution is 0.690. The standard InChI is InChI=1S/C9H15NS/c1-7(2)10-8-5-3-4-6-9(8)11/h11H,3-6H2,1-2H3. The smallest absolute Gasteiger partial charge is 0.0494 e. The van der Waals surface area contributed by atoms with Gasteiger partial charge >= 0.3 is 0 Å². The minimum atomic E-state index is 1.12. The molecule has 0 atom stereocenters. The molecular formula is C9H15NS. The lowest BCUT2D eigenvalue weighted by Crippen LogP contribution is -1.95. The highest BCUT2D eigenvalue weighted by atomic mass is 32.1. The minimum Gasteiger partial charge on any atom is -0.262 e. The summed E-state index contributed by atoms with van der Waals surface area (Å²) in [6, 6.07) is 0. The summed E-state index contributed by atoms with van der Waals surface area (Å²) in [6.45, 7) is 4.06. The average Bonchev–Trinajstić information content (AvgIpc) is 1.93. The zero-order valence-electron chi connectivity index (χ0n) is 7.22. The fourth-order valence-electron chi connectivity index (χ4n) is 1.26. The van der Waals surface area contributed by atoms with E-state index < -0.39 is 0 Å². The maximum absolute atomic E-state index is 4.44. The Balaban J connectivity index is 2.75. The van der Waals surface area contributed by atoms with Crippen molar-refractivity contribution in [3.63, 3.8) is 0 Å². The first-order valence-electron chi connectivity index (χ1n) is 4.13. The molecule has 1 aliphatic rings. The molecule has 0 saturated carbocycles. The molecule has 0 spiro atoms. The zero-order chi connectivity index (χ0) is 8.27. The van der Waals surface area contributed by atoms with Crippen LogP contribution < -0.4 is 0 Å². The molecule has 0 N–H and O–H groups in total. The second kappa shape index (κ2) is 3.96. The number of rotatable bonds is 1. The Labute approximate surface area is 74.0 Å². The third-order valence-corrected chi connectivity index (χ3v) is 2.25. The number of thiol groups is 1. The Kier molecular flexibility index (Phi) is 3.18. The van der Waals surface area contributed by atoms with Crippen molar-refractivity contribution >= 4 is 18.3 Å². The van der Waals surface area contributed by atoms with Crippen molar-refractivity contribution in [2.24, 2.45) is 4.99 Å². The molecule has 1 rings (SSSR count). The second-order valence-corrected chi connectivity index (χ2v) is 3.70. The maximum Gasteiger partial charge on any atom is 0.0494 e. The van der Waals surface area contributed by atoms with Crippen LogP contribution in [0.1, 0.15) is 39.5 Å². The second-order valence-electron chi connectivity index (χ2n) is 3.16. The fourth-order valence-corrected chi connectivity index (χ4v) is 1.58. The van der Waals surface area contributed by atoms with Gasteiger partial charge in [-0.05, 0) is 39.5 Å². The highest BCUT2D eigenvalue weighted by Gasteiger charge is 2.07. The van der Waals surface area contributed by atoms with Crippen molar-refractivity contribution in [3.05, 3.63) is 10.6 Å². The van der Waals surface area contributed by atoms with Gasteiger partial charge in [0.2, 0.25) is 0 Å². The van der Waals surface area contributed by atoms with E-state index >= 15 is 0 Å². The van der Waals surface area contributed by atoms with Gasteiger partial charge in [0.1, 0.15) is 0 Å². The van der Waals surface area contributed by atoms with Crippen molar-refractivity contribution in [2.45, 2.75) is 39.5 Å². The molecule has 0 unspecified atom stereocenters. The summed E-state index contributed by atoms with van der Waals surface area (Å²) < 4.78 is 0. The normalized spacial score (nSPS) is 18.5. The van der Waals surface area contributed by atoms with Gasteiger partial charge in [-0.1, -0.05) is 0 Å². The molecule has 0 fully saturated rings. The van der Waals surface area contributed by atoms with Gasteiger partial charge in [-0.2, -0.15) is 0 Å². The van der Waals surface area contributed by atoms with E-state index in [2.05, 4.69) is 17.6 Å². The average molecular weight is 169 g/mol. The topological polar surface area (TPSA) is 12.4 Å². The molecule has 0 aliphatic heterocycles. The van der Waals surface area contributed by atoms with Gasteiger partial charge in [-0.15, -0.1) is 12.6 Å². The monoisotopic (exact) mass is 169 g/mol. The van der Waals surface area contributed by atoms with Crippen LogP contribution in [0.25, 0.3) is 0 Å². The van der Waals surface area contributed by atoms with Crippen LogP contribution in [-0.4, -0.2) is 5.71 Å². The lowest BCUT2D eigenvalue weighted by Gasteiger charge is -2.13. The zero-order valence-corrected chi connectivity index (χ0v) is 8.12. The molecule has 62 valence electrons. The van der Waals surface area contributed by atoms with E-state index in [9.17, 15) is 0 Å².